The number of carbonyl (C=O) groups is 1. The van der Waals surface area contributed by atoms with E-state index in [1.165, 1.54) is 31.2 Å². The number of benzene rings is 2. The maximum absolute atomic E-state index is 12.1. The lowest BCUT2D eigenvalue weighted by Gasteiger charge is -2.29. The van der Waals surface area contributed by atoms with Crippen molar-refractivity contribution in [2.24, 2.45) is 5.92 Å². The zero-order valence-corrected chi connectivity index (χ0v) is 13.9. The summed E-state index contributed by atoms with van der Waals surface area (Å²) in [4.78, 5) is 12.1. The van der Waals surface area contributed by atoms with Crippen LogP contribution in [0.5, 0.6) is 0 Å². The fraction of sp³-hybridized carbons (Fsp3) is 0.350. The molecule has 23 heavy (non-hydrogen) atoms. The molecule has 0 spiro atoms. The second kappa shape index (κ2) is 7.65. The normalized spacial score (nSPS) is 20.9. The minimum absolute atomic E-state index is 0.00755. The number of hydrogen-bond donors (Lipinski definition) is 1. The quantitative estimate of drug-likeness (QED) is 0.837. The van der Waals surface area contributed by atoms with E-state index in [9.17, 15) is 4.79 Å². The predicted octanol–water partition coefficient (Wildman–Crippen LogP) is 5.04. The Hall–Kier alpha value is -1.80. The second-order valence-corrected chi connectivity index (χ2v) is 6.78. The van der Waals surface area contributed by atoms with E-state index < -0.39 is 0 Å². The van der Waals surface area contributed by atoms with Gasteiger partial charge in [-0.15, -0.1) is 0 Å². The Morgan fingerprint density at radius 1 is 0.957 bits per heavy atom. The van der Waals surface area contributed by atoms with Crippen molar-refractivity contribution in [3.8, 4) is 0 Å². The molecule has 1 amide bonds. The molecule has 0 heterocycles. The molecule has 2 aromatic carbocycles. The van der Waals surface area contributed by atoms with Gasteiger partial charge in [0, 0.05) is 17.1 Å². The van der Waals surface area contributed by atoms with E-state index >= 15 is 0 Å². The molecular formula is C20H22ClNO. The number of hydrogen-bond acceptors (Lipinski definition) is 1. The molecule has 0 aromatic heterocycles. The highest BCUT2D eigenvalue weighted by Gasteiger charge is 2.22. The van der Waals surface area contributed by atoms with Gasteiger partial charge in [-0.1, -0.05) is 41.9 Å². The average molecular weight is 328 g/mol. The fourth-order valence-electron chi connectivity index (χ4n) is 3.37. The van der Waals surface area contributed by atoms with E-state index in [2.05, 4.69) is 35.6 Å². The van der Waals surface area contributed by atoms with E-state index in [0.717, 1.165) is 6.54 Å². The Bertz CT molecular complexity index is 630. The van der Waals surface area contributed by atoms with E-state index in [-0.39, 0.29) is 5.91 Å². The first-order valence-electron chi connectivity index (χ1n) is 8.31. The molecule has 1 aliphatic carbocycles. The summed E-state index contributed by atoms with van der Waals surface area (Å²) in [6.45, 7) is 0.767. The molecule has 1 N–H and O–H groups in total. The van der Waals surface area contributed by atoms with Crippen LogP contribution < -0.4 is 5.32 Å². The van der Waals surface area contributed by atoms with Gasteiger partial charge in [-0.3, -0.25) is 4.79 Å². The number of amides is 1. The minimum atomic E-state index is -0.00755. The summed E-state index contributed by atoms with van der Waals surface area (Å²) in [5.41, 5.74) is 2.13. The maximum atomic E-state index is 12.1. The lowest BCUT2D eigenvalue weighted by Crippen LogP contribution is -2.31. The molecule has 120 valence electrons. The van der Waals surface area contributed by atoms with Crippen LogP contribution in [0.3, 0.4) is 0 Å². The van der Waals surface area contributed by atoms with Gasteiger partial charge in [0.2, 0.25) is 0 Å². The molecule has 0 unspecified atom stereocenters. The Morgan fingerprint density at radius 2 is 1.61 bits per heavy atom. The topological polar surface area (TPSA) is 29.1 Å². The summed E-state index contributed by atoms with van der Waals surface area (Å²) in [7, 11) is 0. The molecule has 3 rings (SSSR count). The van der Waals surface area contributed by atoms with Crippen molar-refractivity contribution >= 4 is 17.5 Å². The van der Waals surface area contributed by atoms with Crippen LogP contribution in [-0.4, -0.2) is 12.5 Å². The summed E-state index contributed by atoms with van der Waals surface area (Å²) in [5.74, 6) is 1.26. The SMILES string of the molecule is O=C(NC[C@H]1CC[C@@H](c2ccccc2)CC1)c1ccc(Cl)cc1. The Labute approximate surface area is 142 Å². The van der Waals surface area contributed by atoms with Crippen molar-refractivity contribution < 1.29 is 4.79 Å². The van der Waals surface area contributed by atoms with Gasteiger partial charge in [0.25, 0.3) is 5.91 Å². The number of nitrogens with one attached hydrogen (secondary N) is 1. The summed E-state index contributed by atoms with van der Waals surface area (Å²) in [6.07, 6.45) is 4.79. The fourth-order valence-corrected chi connectivity index (χ4v) is 3.49. The van der Waals surface area contributed by atoms with Gasteiger partial charge in [-0.25, -0.2) is 0 Å². The lowest BCUT2D eigenvalue weighted by molar-refractivity contribution is 0.0943. The number of carbonyl (C=O) groups excluding carboxylic acids is 1. The van der Waals surface area contributed by atoms with Gasteiger partial charge in [0.05, 0.1) is 0 Å². The highest BCUT2D eigenvalue weighted by atomic mass is 35.5. The van der Waals surface area contributed by atoms with Crippen LogP contribution in [0.25, 0.3) is 0 Å². The van der Waals surface area contributed by atoms with Crippen molar-refractivity contribution in [3.05, 3.63) is 70.7 Å². The van der Waals surface area contributed by atoms with Crippen LogP contribution >= 0.6 is 11.6 Å². The highest BCUT2D eigenvalue weighted by molar-refractivity contribution is 6.30. The first-order valence-corrected chi connectivity index (χ1v) is 8.69. The van der Waals surface area contributed by atoms with Crippen molar-refractivity contribution in [2.75, 3.05) is 6.54 Å². The molecule has 2 nitrogen and oxygen atoms in total. The van der Waals surface area contributed by atoms with Crippen molar-refractivity contribution in [3.63, 3.8) is 0 Å². The van der Waals surface area contributed by atoms with Gasteiger partial charge in [0.1, 0.15) is 0 Å². The molecule has 0 aliphatic heterocycles. The smallest absolute Gasteiger partial charge is 0.251 e. The third-order valence-corrected chi connectivity index (χ3v) is 5.03. The van der Waals surface area contributed by atoms with Crippen molar-refractivity contribution in [1.82, 2.24) is 5.32 Å². The third kappa shape index (κ3) is 4.35. The zero-order valence-electron chi connectivity index (χ0n) is 13.2. The van der Waals surface area contributed by atoms with Crippen LogP contribution in [0, 0.1) is 5.92 Å². The molecule has 0 bridgehead atoms. The molecule has 1 aliphatic rings. The number of rotatable bonds is 4. The summed E-state index contributed by atoms with van der Waals surface area (Å²) >= 11 is 5.85. The standard InChI is InChI=1S/C20H22ClNO/c21-19-12-10-18(11-13-19)20(23)22-14-15-6-8-17(9-7-15)16-4-2-1-3-5-16/h1-5,10-13,15,17H,6-9,14H2,(H,22,23)/t15-,17+. The molecule has 3 heteroatoms. The van der Waals surface area contributed by atoms with Gasteiger partial charge in [-0.05, 0) is 67.3 Å². The molecule has 1 saturated carbocycles. The van der Waals surface area contributed by atoms with E-state index in [1.54, 1.807) is 24.3 Å². The van der Waals surface area contributed by atoms with E-state index in [4.69, 9.17) is 11.6 Å². The third-order valence-electron chi connectivity index (χ3n) is 4.78. The molecule has 1 fully saturated rings. The predicted molar refractivity (Wildman–Crippen MR) is 94.9 cm³/mol. The zero-order chi connectivity index (χ0) is 16.1. The first kappa shape index (κ1) is 16.1. The van der Waals surface area contributed by atoms with Crippen LogP contribution in [0.1, 0.15) is 47.5 Å². The van der Waals surface area contributed by atoms with Gasteiger partial charge < -0.3 is 5.32 Å². The first-order chi connectivity index (χ1) is 11.2. The molecule has 0 saturated heterocycles. The van der Waals surface area contributed by atoms with Gasteiger partial charge in [-0.2, -0.15) is 0 Å². The monoisotopic (exact) mass is 327 g/mol. The molecule has 0 radical (unpaired) electrons. The van der Waals surface area contributed by atoms with Crippen LogP contribution in [-0.2, 0) is 0 Å². The van der Waals surface area contributed by atoms with Crippen LogP contribution in [0.15, 0.2) is 54.6 Å². The van der Waals surface area contributed by atoms with E-state index in [0.29, 0.717) is 22.4 Å². The van der Waals surface area contributed by atoms with Crippen molar-refractivity contribution in [1.29, 1.82) is 0 Å². The summed E-state index contributed by atoms with van der Waals surface area (Å²) in [6, 6.07) is 17.8. The average Bonchev–Trinajstić information content (AvgIpc) is 2.61. The summed E-state index contributed by atoms with van der Waals surface area (Å²) in [5, 5.41) is 3.71. The van der Waals surface area contributed by atoms with Gasteiger partial charge in [0.15, 0.2) is 0 Å². The van der Waals surface area contributed by atoms with Crippen molar-refractivity contribution in [2.45, 2.75) is 31.6 Å². The Kier molecular flexibility index (Phi) is 5.35. The molecular weight excluding hydrogens is 306 g/mol. The number of halogens is 1. The minimum Gasteiger partial charge on any atom is -0.352 e. The second-order valence-electron chi connectivity index (χ2n) is 6.35. The maximum Gasteiger partial charge on any atom is 0.251 e. The Balaban J connectivity index is 1.46. The highest BCUT2D eigenvalue weighted by Crippen LogP contribution is 2.35. The van der Waals surface area contributed by atoms with Crippen LogP contribution in [0.2, 0.25) is 5.02 Å². The largest absolute Gasteiger partial charge is 0.352 e. The molecule has 0 atom stereocenters. The van der Waals surface area contributed by atoms with Crippen LogP contribution in [0.4, 0.5) is 0 Å². The van der Waals surface area contributed by atoms with E-state index in [1.807, 2.05) is 0 Å². The lowest BCUT2D eigenvalue weighted by atomic mass is 9.78. The van der Waals surface area contributed by atoms with Gasteiger partial charge >= 0.3 is 0 Å². The molecule has 2 aromatic rings. The Morgan fingerprint density at radius 3 is 2.26 bits per heavy atom. The summed E-state index contributed by atoms with van der Waals surface area (Å²) < 4.78 is 0.